The highest BCUT2D eigenvalue weighted by atomic mass is 16.2. The Kier molecular flexibility index (Phi) is 4.02. The van der Waals surface area contributed by atoms with Crippen LogP contribution >= 0.6 is 0 Å². The van der Waals surface area contributed by atoms with Crippen molar-refractivity contribution in [1.29, 1.82) is 0 Å². The summed E-state index contributed by atoms with van der Waals surface area (Å²) >= 11 is 0. The molecule has 1 aliphatic rings. The van der Waals surface area contributed by atoms with E-state index in [-0.39, 0.29) is 11.9 Å². The summed E-state index contributed by atoms with van der Waals surface area (Å²) in [5, 5.41) is 6.37. The molecule has 3 nitrogen and oxygen atoms in total. The molecule has 3 heteroatoms. The smallest absolute Gasteiger partial charge is 0.246 e. The molecule has 1 aromatic rings. The van der Waals surface area contributed by atoms with Crippen LogP contribution in [0.25, 0.3) is 0 Å². The van der Waals surface area contributed by atoms with Gasteiger partial charge in [-0.15, -0.1) is 0 Å². The van der Waals surface area contributed by atoms with Gasteiger partial charge in [-0.05, 0) is 31.4 Å². The lowest BCUT2D eigenvalue weighted by Crippen LogP contribution is -2.34. The average molecular weight is 246 g/mol. The zero-order valence-corrected chi connectivity index (χ0v) is 11.4. The number of nitrogens with one attached hydrogen (secondary N) is 2. The summed E-state index contributed by atoms with van der Waals surface area (Å²) in [4.78, 5) is 12.0. The fraction of sp³-hybridized carbons (Fsp3) is 0.533. The molecule has 98 valence electrons. The molecule has 0 fully saturated rings. The molecular weight excluding hydrogens is 224 g/mol. The topological polar surface area (TPSA) is 41.1 Å². The maximum Gasteiger partial charge on any atom is 0.246 e. The second-order valence-corrected chi connectivity index (χ2v) is 5.05. The SMILES string of the molecule is CCCC(C)NC1C(=O)Nc2ccc(CC)cc21. The summed E-state index contributed by atoms with van der Waals surface area (Å²) in [5.74, 6) is 0.0706. The maximum atomic E-state index is 12.0. The van der Waals surface area contributed by atoms with Crippen LogP contribution in [-0.4, -0.2) is 11.9 Å². The predicted octanol–water partition coefficient (Wildman–Crippen LogP) is 3.02. The molecule has 1 aromatic carbocycles. The third-order valence-electron chi connectivity index (χ3n) is 3.53. The molecule has 0 saturated heterocycles. The Bertz CT molecular complexity index is 442. The van der Waals surface area contributed by atoms with E-state index in [0.29, 0.717) is 6.04 Å². The summed E-state index contributed by atoms with van der Waals surface area (Å²) in [6.45, 7) is 6.43. The summed E-state index contributed by atoms with van der Waals surface area (Å²) < 4.78 is 0. The van der Waals surface area contributed by atoms with Gasteiger partial charge in [0.1, 0.15) is 6.04 Å². The number of benzene rings is 1. The van der Waals surface area contributed by atoms with E-state index in [2.05, 4.69) is 43.5 Å². The molecule has 18 heavy (non-hydrogen) atoms. The molecule has 0 bridgehead atoms. The molecule has 2 unspecified atom stereocenters. The van der Waals surface area contributed by atoms with Crippen molar-refractivity contribution in [2.24, 2.45) is 0 Å². The average Bonchev–Trinajstić information content (AvgIpc) is 2.65. The van der Waals surface area contributed by atoms with Crippen LogP contribution in [0.1, 0.15) is 50.8 Å². The molecule has 1 aliphatic heterocycles. The molecule has 0 spiro atoms. The van der Waals surface area contributed by atoms with Crippen LogP contribution in [0.3, 0.4) is 0 Å². The van der Waals surface area contributed by atoms with Gasteiger partial charge >= 0.3 is 0 Å². The van der Waals surface area contributed by atoms with Crippen molar-refractivity contribution in [3.05, 3.63) is 29.3 Å². The van der Waals surface area contributed by atoms with E-state index < -0.39 is 0 Å². The minimum atomic E-state index is -0.187. The van der Waals surface area contributed by atoms with Gasteiger partial charge in [0.15, 0.2) is 0 Å². The van der Waals surface area contributed by atoms with E-state index in [1.807, 2.05) is 6.07 Å². The Morgan fingerprint density at radius 1 is 1.39 bits per heavy atom. The molecule has 2 N–H and O–H groups in total. The van der Waals surface area contributed by atoms with Crippen LogP contribution in [0.15, 0.2) is 18.2 Å². The second kappa shape index (κ2) is 5.53. The highest BCUT2D eigenvalue weighted by molar-refractivity contribution is 6.02. The third-order valence-corrected chi connectivity index (χ3v) is 3.53. The monoisotopic (exact) mass is 246 g/mol. The van der Waals surface area contributed by atoms with Crippen molar-refractivity contribution in [2.75, 3.05) is 5.32 Å². The van der Waals surface area contributed by atoms with Crippen molar-refractivity contribution in [3.8, 4) is 0 Å². The largest absolute Gasteiger partial charge is 0.324 e. The third kappa shape index (κ3) is 2.56. The highest BCUT2D eigenvalue weighted by Gasteiger charge is 2.31. The number of fused-ring (bicyclic) bond motifs is 1. The molecular formula is C15H22N2O. The van der Waals surface area contributed by atoms with E-state index in [4.69, 9.17) is 0 Å². The van der Waals surface area contributed by atoms with Crippen LogP contribution < -0.4 is 10.6 Å². The molecule has 0 saturated carbocycles. The molecule has 0 aromatic heterocycles. The number of carbonyl (C=O) groups excluding carboxylic acids is 1. The van der Waals surface area contributed by atoms with Crippen molar-refractivity contribution in [2.45, 2.75) is 52.1 Å². The standard InChI is InChI=1S/C15H22N2O/c1-4-6-10(3)16-14-12-9-11(5-2)7-8-13(12)17-15(14)18/h7-10,14,16H,4-6H2,1-3H3,(H,17,18). The minimum Gasteiger partial charge on any atom is -0.324 e. The molecule has 2 atom stereocenters. The van der Waals surface area contributed by atoms with Gasteiger partial charge in [0.05, 0.1) is 0 Å². The number of carbonyl (C=O) groups is 1. The van der Waals surface area contributed by atoms with Gasteiger partial charge in [-0.2, -0.15) is 0 Å². The van der Waals surface area contributed by atoms with Crippen molar-refractivity contribution in [1.82, 2.24) is 5.32 Å². The Morgan fingerprint density at radius 3 is 2.83 bits per heavy atom. The van der Waals surface area contributed by atoms with Gasteiger partial charge < -0.3 is 5.32 Å². The van der Waals surface area contributed by atoms with Gasteiger partial charge in [0, 0.05) is 17.3 Å². The first-order valence-electron chi connectivity index (χ1n) is 6.85. The normalized spacial score (nSPS) is 19.5. The number of amides is 1. The first-order valence-corrected chi connectivity index (χ1v) is 6.85. The lowest BCUT2D eigenvalue weighted by atomic mass is 10.0. The second-order valence-electron chi connectivity index (χ2n) is 5.05. The lowest BCUT2D eigenvalue weighted by Gasteiger charge is -2.18. The summed E-state index contributed by atoms with van der Waals surface area (Å²) in [6, 6.07) is 6.41. The Balaban J connectivity index is 2.20. The van der Waals surface area contributed by atoms with E-state index in [1.165, 1.54) is 5.56 Å². The molecule has 1 amide bonds. The molecule has 0 radical (unpaired) electrons. The summed E-state index contributed by atoms with van der Waals surface area (Å²) in [5.41, 5.74) is 3.33. The Labute approximate surface area is 109 Å². The molecule has 0 aliphatic carbocycles. The van der Waals surface area contributed by atoms with Crippen molar-refractivity contribution < 1.29 is 4.79 Å². The van der Waals surface area contributed by atoms with E-state index >= 15 is 0 Å². The van der Waals surface area contributed by atoms with Gasteiger partial charge in [-0.25, -0.2) is 0 Å². The van der Waals surface area contributed by atoms with Crippen LogP contribution in [0, 0.1) is 0 Å². The van der Waals surface area contributed by atoms with E-state index in [1.54, 1.807) is 0 Å². The zero-order chi connectivity index (χ0) is 13.1. The predicted molar refractivity (Wildman–Crippen MR) is 74.7 cm³/mol. The Morgan fingerprint density at radius 2 is 2.17 bits per heavy atom. The molecule has 2 rings (SSSR count). The lowest BCUT2D eigenvalue weighted by molar-refractivity contribution is -0.117. The number of hydrogen-bond donors (Lipinski definition) is 2. The van der Waals surface area contributed by atoms with Gasteiger partial charge in [0.2, 0.25) is 5.91 Å². The van der Waals surface area contributed by atoms with Crippen LogP contribution in [0.2, 0.25) is 0 Å². The highest BCUT2D eigenvalue weighted by Crippen LogP contribution is 2.32. The van der Waals surface area contributed by atoms with Gasteiger partial charge in [-0.1, -0.05) is 32.4 Å². The quantitative estimate of drug-likeness (QED) is 0.838. The number of hydrogen-bond acceptors (Lipinski definition) is 2. The minimum absolute atomic E-state index is 0.0706. The van der Waals surface area contributed by atoms with E-state index in [9.17, 15) is 4.79 Å². The number of rotatable bonds is 5. The summed E-state index contributed by atoms with van der Waals surface area (Å²) in [6.07, 6.45) is 3.22. The van der Waals surface area contributed by atoms with Crippen LogP contribution in [0.5, 0.6) is 0 Å². The first-order chi connectivity index (χ1) is 8.65. The van der Waals surface area contributed by atoms with E-state index in [0.717, 1.165) is 30.5 Å². The number of aryl methyl sites for hydroxylation is 1. The molecule has 1 heterocycles. The van der Waals surface area contributed by atoms with Gasteiger partial charge in [-0.3, -0.25) is 10.1 Å². The fourth-order valence-electron chi connectivity index (χ4n) is 2.50. The van der Waals surface area contributed by atoms with Crippen molar-refractivity contribution >= 4 is 11.6 Å². The zero-order valence-electron chi connectivity index (χ0n) is 11.4. The summed E-state index contributed by atoms with van der Waals surface area (Å²) in [7, 11) is 0. The number of anilines is 1. The Hall–Kier alpha value is -1.35. The van der Waals surface area contributed by atoms with Gasteiger partial charge in [0.25, 0.3) is 0 Å². The van der Waals surface area contributed by atoms with Crippen LogP contribution in [-0.2, 0) is 11.2 Å². The van der Waals surface area contributed by atoms with Crippen LogP contribution in [0.4, 0.5) is 5.69 Å². The first kappa shape index (κ1) is 13.1. The maximum absolute atomic E-state index is 12.0. The van der Waals surface area contributed by atoms with Crippen molar-refractivity contribution in [3.63, 3.8) is 0 Å². The fourth-order valence-corrected chi connectivity index (χ4v) is 2.50.